The van der Waals surface area contributed by atoms with Crippen LogP contribution in [0.5, 0.6) is 5.75 Å². The molecular weight excluding hydrogens is 266 g/mol. The molecule has 21 heavy (non-hydrogen) atoms. The molecule has 1 fully saturated rings. The van der Waals surface area contributed by atoms with Gasteiger partial charge in [0.1, 0.15) is 5.75 Å². The number of benzene rings is 1. The van der Waals surface area contributed by atoms with Gasteiger partial charge in [0, 0.05) is 24.2 Å². The van der Waals surface area contributed by atoms with Gasteiger partial charge in [-0.3, -0.25) is 4.90 Å². The molecule has 2 rings (SSSR count). The van der Waals surface area contributed by atoms with Gasteiger partial charge < -0.3 is 14.6 Å². The normalized spacial score (nSPS) is 20.2. The second-order valence-corrected chi connectivity index (χ2v) is 6.26. The maximum atomic E-state index is 9.80. The largest absolute Gasteiger partial charge is 0.494 e. The van der Waals surface area contributed by atoms with E-state index in [1.54, 1.807) is 6.92 Å². The van der Waals surface area contributed by atoms with Gasteiger partial charge in [0.2, 0.25) is 0 Å². The molecule has 118 valence electrons. The maximum Gasteiger partial charge on any atom is 0.123 e. The Balaban J connectivity index is 2.25. The molecule has 1 saturated heterocycles. The molecule has 1 atom stereocenters. The van der Waals surface area contributed by atoms with Crippen molar-refractivity contribution in [1.82, 2.24) is 4.90 Å². The van der Waals surface area contributed by atoms with Crippen LogP contribution in [0.3, 0.4) is 0 Å². The zero-order chi connectivity index (χ0) is 15.5. The van der Waals surface area contributed by atoms with Crippen LogP contribution in [0.4, 0.5) is 0 Å². The van der Waals surface area contributed by atoms with E-state index in [-0.39, 0.29) is 5.54 Å². The zero-order valence-corrected chi connectivity index (χ0v) is 13.6. The Morgan fingerprint density at radius 3 is 2.81 bits per heavy atom. The average molecular weight is 293 g/mol. The number of rotatable bonds is 5. The number of nitrogens with zero attached hydrogens (tertiary/aromatic N) is 1. The van der Waals surface area contributed by atoms with Crippen LogP contribution in [0.15, 0.2) is 18.2 Å². The van der Waals surface area contributed by atoms with Gasteiger partial charge in [-0.15, -0.1) is 0 Å². The Bertz CT molecular complexity index is 471. The van der Waals surface area contributed by atoms with Gasteiger partial charge >= 0.3 is 0 Å². The lowest BCUT2D eigenvalue weighted by Gasteiger charge is -2.42. The van der Waals surface area contributed by atoms with Crippen LogP contribution >= 0.6 is 0 Å². The van der Waals surface area contributed by atoms with Crippen molar-refractivity contribution in [1.29, 1.82) is 0 Å². The summed E-state index contributed by atoms with van der Waals surface area (Å²) in [5.74, 6) is 0.907. The lowest BCUT2D eigenvalue weighted by Crippen LogP contribution is -2.52. The zero-order valence-electron chi connectivity index (χ0n) is 13.6. The summed E-state index contributed by atoms with van der Waals surface area (Å²) in [6.45, 7) is 12.1. The summed E-state index contributed by atoms with van der Waals surface area (Å²) in [4.78, 5) is 2.42. The van der Waals surface area contributed by atoms with Crippen molar-refractivity contribution in [3.05, 3.63) is 29.3 Å². The van der Waals surface area contributed by atoms with Crippen LogP contribution < -0.4 is 4.74 Å². The standard InChI is InChI=1S/C17H27NO3/c1-5-21-16-7-6-14(13(2)19)10-15(16)11-18-8-9-20-12-17(18,3)4/h6-7,10,13,19H,5,8-9,11-12H2,1-4H3. The summed E-state index contributed by atoms with van der Waals surface area (Å²) in [5.41, 5.74) is 2.08. The quantitative estimate of drug-likeness (QED) is 0.906. The lowest BCUT2D eigenvalue weighted by molar-refractivity contribution is -0.0555. The molecule has 4 heteroatoms. The predicted octanol–water partition coefficient (Wildman–Crippen LogP) is 2.75. The van der Waals surface area contributed by atoms with Crippen LogP contribution in [0, 0.1) is 0 Å². The summed E-state index contributed by atoms with van der Waals surface area (Å²) >= 11 is 0. The van der Waals surface area contributed by atoms with Gasteiger partial charge in [0.25, 0.3) is 0 Å². The topological polar surface area (TPSA) is 41.9 Å². The highest BCUT2D eigenvalue weighted by Crippen LogP contribution is 2.28. The molecule has 0 amide bonds. The van der Waals surface area contributed by atoms with Crippen LogP contribution in [0.2, 0.25) is 0 Å². The van der Waals surface area contributed by atoms with E-state index in [9.17, 15) is 5.11 Å². The van der Waals surface area contributed by atoms with Crippen LogP contribution in [0.1, 0.15) is 44.9 Å². The van der Waals surface area contributed by atoms with Crippen molar-refractivity contribution in [2.75, 3.05) is 26.4 Å². The maximum absolute atomic E-state index is 9.80. The molecule has 1 heterocycles. The van der Waals surface area contributed by atoms with Gasteiger partial charge in [0.05, 0.1) is 25.9 Å². The summed E-state index contributed by atoms with van der Waals surface area (Å²) in [6.07, 6.45) is -0.461. The molecule has 1 aromatic carbocycles. The predicted molar refractivity (Wildman–Crippen MR) is 83.6 cm³/mol. The van der Waals surface area contributed by atoms with Crippen molar-refractivity contribution < 1.29 is 14.6 Å². The second kappa shape index (κ2) is 6.77. The summed E-state index contributed by atoms with van der Waals surface area (Å²) in [5, 5.41) is 9.80. The lowest BCUT2D eigenvalue weighted by atomic mass is 9.99. The van der Waals surface area contributed by atoms with Crippen molar-refractivity contribution in [2.24, 2.45) is 0 Å². The molecule has 1 aliphatic heterocycles. The third-order valence-corrected chi connectivity index (χ3v) is 4.04. The molecular formula is C17H27NO3. The molecule has 0 radical (unpaired) electrons. The fraction of sp³-hybridized carbons (Fsp3) is 0.647. The highest BCUT2D eigenvalue weighted by molar-refractivity contribution is 5.38. The third kappa shape index (κ3) is 3.96. The van der Waals surface area contributed by atoms with Crippen molar-refractivity contribution in [3.63, 3.8) is 0 Å². The third-order valence-electron chi connectivity index (χ3n) is 4.04. The number of hydrogen-bond acceptors (Lipinski definition) is 4. The number of hydrogen-bond donors (Lipinski definition) is 1. The van der Waals surface area contributed by atoms with Gasteiger partial charge in [-0.2, -0.15) is 0 Å². The van der Waals surface area contributed by atoms with E-state index in [1.165, 1.54) is 0 Å². The number of morpholine rings is 1. The van der Waals surface area contributed by atoms with Crippen molar-refractivity contribution >= 4 is 0 Å². The van der Waals surface area contributed by atoms with Gasteiger partial charge in [-0.1, -0.05) is 6.07 Å². The molecule has 1 aliphatic rings. The Morgan fingerprint density at radius 2 is 2.19 bits per heavy atom. The van der Waals surface area contributed by atoms with E-state index < -0.39 is 6.10 Å². The van der Waals surface area contributed by atoms with Gasteiger partial charge in [-0.05, 0) is 45.4 Å². The summed E-state index contributed by atoms with van der Waals surface area (Å²) in [6, 6.07) is 5.96. The molecule has 4 nitrogen and oxygen atoms in total. The molecule has 1 aromatic rings. The molecule has 0 bridgehead atoms. The fourth-order valence-electron chi connectivity index (χ4n) is 2.67. The highest BCUT2D eigenvalue weighted by Gasteiger charge is 2.31. The average Bonchev–Trinajstić information content (AvgIpc) is 2.43. The van der Waals surface area contributed by atoms with Crippen LogP contribution in [-0.2, 0) is 11.3 Å². The molecule has 0 aromatic heterocycles. The number of ether oxygens (including phenoxy) is 2. The van der Waals surface area contributed by atoms with Gasteiger partial charge in [-0.25, -0.2) is 0 Å². The minimum Gasteiger partial charge on any atom is -0.494 e. The SMILES string of the molecule is CCOc1ccc(C(C)O)cc1CN1CCOCC1(C)C. The van der Waals surface area contributed by atoms with E-state index in [0.29, 0.717) is 6.61 Å². The number of aliphatic hydroxyl groups is 1. The smallest absolute Gasteiger partial charge is 0.123 e. The minimum atomic E-state index is -0.461. The van der Waals surface area contributed by atoms with E-state index in [4.69, 9.17) is 9.47 Å². The first kappa shape index (κ1) is 16.3. The fourth-order valence-corrected chi connectivity index (χ4v) is 2.67. The molecule has 0 saturated carbocycles. The van der Waals surface area contributed by atoms with Crippen LogP contribution in [-0.4, -0.2) is 41.9 Å². The molecule has 0 aliphatic carbocycles. The molecule has 1 unspecified atom stereocenters. The van der Waals surface area contributed by atoms with Crippen molar-refractivity contribution in [3.8, 4) is 5.75 Å². The van der Waals surface area contributed by atoms with Crippen LogP contribution in [0.25, 0.3) is 0 Å². The Hall–Kier alpha value is -1.10. The summed E-state index contributed by atoms with van der Waals surface area (Å²) < 4.78 is 11.3. The van der Waals surface area contributed by atoms with Gasteiger partial charge in [0.15, 0.2) is 0 Å². The molecule has 1 N–H and O–H groups in total. The Labute approximate surface area is 127 Å². The monoisotopic (exact) mass is 293 g/mol. The Morgan fingerprint density at radius 1 is 1.43 bits per heavy atom. The molecule has 0 spiro atoms. The number of aliphatic hydroxyl groups excluding tert-OH is 1. The van der Waals surface area contributed by atoms with E-state index in [1.807, 2.05) is 19.1 Å². The first-order valence-corrected chi connectivity index (χ1v) is 7.70. The van der Waals surface area contributed by atoms with E-state index in [2.05, 4.69) is 24.8 Å². The van der Waals surface area contributed by atoms with Crippen molar-refractivity contribution in [2.45, 2.75) is 45.9 Å². The van der Waals surface area contributed by atoms with E-state index in [0.717, 1.165) is 43.2 Å². The minimum absolute atomic E-state index is 0.0164. The first-order chi connectivity index (χ1) is 9.94. The highest BCUT2D eigenvalue weighted by atomic mass is 16.5. The second-order valence-electron chi connectivity index (χ2n) is 6.26. The summed E-state index contributed by atoms with van der Waals surface area (Å²) in [7, 11) is 0. The van der Waals surface area contributed by atoms with E-state index >= 15 is 0 Å². The Kier molecular flexibility index (Phi) is 5.25. The first-order valence-electron chi connectivity index (χ1n) is 7.70.